The number of aromatic nitrogens is 2. The maximum Gasteiger partial charge on any atom is 0.276 e. The van der Waals surface area contributed by atoms with Gasteiger partial charge in [0.05, 0.1) is 11.6 Å². The molecule has 0 atom stereocenters. The number of halogens is 2. The lowest BCUT2D eigenvalue weighted by Crippen LogP contribution is -2.14. The number of nitrogens with zero attached hydrogens (tertiary/aromatic N) is 2. The first-order chi connectivity index (χ1) is 9.60. The number of anilines is 1. The number of hydrogen-bond donors (Lipinski definition) is 1. The summed E-state index contributed by atoms with van der Waals surface area (Å²) in [6.45, 7) is 2.39. The van der Waals surface area contributed by atoms with Gasteiger partial charge < -0.3 is 10.1 Å². The summed E-state index contributed by atoms with van der Waals surface area (Å²) < 4.78 is 5.31. The molecule has 0 radical (unpaired) electrons. The molecule has 7 heteroatoms. The van der Waals surface area contributed by atoms with Gasteiger partial charge in [-0.2, -0.15) is 0 Å². The first kappa shape index (κ1) is 14.6. The predicted molar refractivity (Wildman–Crippen MR) is 77.6 cm³/mol. The van der Waals surface area contributed by atoms with Gasteiger partial charge in [0.25, 0.3) is 5.91 Å². The molecule has 1 aromatic carbocycles. The van der Waals surface area contributed by atoms with Gasteiger partial charge in [-0.15, -0.1) is 10.2 Å². The van der Waals surface area contributed by atoms with Gasteiger partial charge in [0.15, 0.2) is 10.8 Å². The molecule has 1 aromatic heterocycles. The zero-order chi connectivity index (χ0) is 14.5. The summed E-state index contributed by atoms with van der Waals surface area (Å²) >= 11 is 11.6. The Kier molecular flexibility index (Phi) is 4.76. The van der Waals surface area contributed by atoms with E-state index in [1.807, 2.05) is 6.92 Å². The highest BCUT2D eigenvalue weighted by atomic mass is 35.5. The maximum atomic E-state index is 11.9. The molecule has 20 heavy (non-hydrogen) atoms. The van der Waals surface area contributed by atoms with Gasteiger partial charge in [-0.25, -0.2) is 0 Å². The Morgan fingerprint density at radius 3 is 2.65 bits per heavy atom. The van der Waals surface area contributed by atoms with Crippen molar-refractivity contribution in [1.29, 1.82) is 0 Å². The van der Waals surface area contributed by atoms with Crippen LogP contribution in [0.4, 0.5) is 5.69 Å². The molecule has 0 aliphatic carbocycles. The van der Waals surface area contributed by atoms with E-state index in [9.17, 15) is 4.79 Å². The van der Waals surface area contributed by atoms with Crippen molar-refractivity contribution in [3.63, 3.8) is 0 Å². The first-order valence-corrected chi connectivity index (χ1v) is 6.58. The largest absolute Gasteiger partial charge is 0.492 e. The molecule has 2 rings (SSSR count). The van der Waals surface area contributed by atoms with Gasteiger partial charge in [-0.3, -0.25) is 4.79 Å². The summed E-state index contributed by atoms with van der Waals surface area (Å²) in [5.41, 5.74) is 0.708. The first-order valence-electron chi connectivity index (χ1n) is 5.83. The van der Waals surface area contributed by atoms with E-state index < -0.39 is 5.91 Å². The number of hydrogen-bond acceptors (Lipinski definition) is 4. The quantitative estimate of drug-likeness (QED) is 0.939. The van der Waals surface area contributed by atoms with Crippen LogP contribution in [0.15, 0.2) is 30.3 Å². The Bertz CT molecular complexity index is 618. The normalized spacial score (nSPS) is 10.2. The molecular weight excluding hydrogens is 301 g/mol. The number of rotatable bonds is 4. The molecule has 0 spiro atoms. The molecule has 0 bridgehead atoms. The molecule has 5 nitrogen and oxygen atoms in total. The lowest BCUT2D eigenvalue weighted by atomic mass is 10.3. The second kappa shape index (κ2) is 6.54. The third-order valence-corrected chi connectivity index (χ3v) is 2.85. The van der Waals surface area contributed by atoms with Crippen LogP contribution in [0.25, 0.3) is 0 Å². The van der Waals surface area contributed by atoms with Gasteiger partial charge in [0.2, 0.25) is 0 Å². The Balaban J connectivity index is 2.11. The summed E-state index contributed by atoms with van der Waals surface area (Å²) in [5.74, 6) is 0.174. The summed E-state index contributed by atoms with van der Waals surface area (Å²) in [7, 11) is 0. The minimum absolute atomic E-state index is 0.166. The monoisotopic (exact) mass is 311 g/mol. The highest BCUT2D eigenvalue weighted by Gasteiger charge is 2.10. The minimum atomic E-state index is -0.394. The van der Waals surface area contributed by atoms with E-state index in [1.165, 1.54) is 12.1 Å². The molecule has 1 N–H and O–H groups in total. The van der Waals surface area contributed by atoms with Crippen LogP contribution >= 0.6 is 23.2 Å². The summed E-state index contributed by atoms with van der Waals surface area (Å²) in [6.07, 6.45) is 0. The fourth-order valence-corrected chi connectivity index (χ4v) is 1.82. The van der Waals surface area contributed by atoms with Gasteiger partial charge in [0.1, 0.15) is 5.75 Å². The Hall–Kier alpha value is -1.85. The highest BCUT2D eigenvalue weighted by Crippen LogP contribution is 2.27. The predicted octanol–water partition coefficient (Wildman–Crippen LogP) is 3.43. The van der Waals surface area contributed by atoms with Crippen LogP contribution in [-0.4, -0.2) is 22.7 Å². The van der Waals surface area contributed by atoms with E-state index in [4.69, 9.17) is 27.9 Å². The average molecular weight is 312 g/mol. The molecule has 0 unspecified atom stereocenters. The van der Waals surface area contributed by atoms with Crippen LogP contribution in [0.3, 0.4) is 0 Å². The number of carbonyl (C=O) groups is 1. The number of ether oxygens (including phenoxy) is 1. The Morgan fingerprint density at radius 1 is 1.25 bits per heavy atom. The summed E-state index contributed by atoms with van der Waals surface area (Å²) in [4.78, 5) is 11.9. The smallest absolute Gasteiger partial charge is 0.276 e. The number of amides is 1. The third kappa shape index (κ3) is 3.59. The van der Waals surface area contributed by atoms with Crippen LogP contribution in [0.1, 0.15) is 17.4 Å². The molecule has 1 amide bonds. The van der Waals surface area contributed by atoms with Crippen molar-refractivity contribution in [2.75, 3.05) is 11.9 Å². The standard InChI is InChI=1S/C13H11Cl2N3O2/c1-2-20-11-5-3-8(7-9(11)14)16-13(19)10-4-6-12(15)18-17-10/h3-7H,2H2,1H3,(H,16,19). The fraction of sp³-hybridized carbons (Fsp3) is 0.154. The zero-order valence-electron chi connectivity index (χ0n) is 10.6. The van der Waals surface area contributed by atoms with Gasteiger partial charge in [0, 0.05) is 5.69 Å². The van der Waals surface area contributed by atoms with Crippen LogP contribution in [-0.2, 0) is 0 Å². The lowest BCUT2D eigenvalue weighted by Gasteiger charge is -2.08. The van der Waals surface area contributed by atoms with E-state index in [1.54, 1.807) is 18.2 Å². The van der Waals surface area contributed by atoms with Crippen LogP contribution in [0, 0.1) is 0 Å². The number of benzene rings is 1. The molecule has 2 aromatic rings. The van der Waals surface area contributed by atoms with E-state index in [0.29, 0.717) is 23.1 Å². The molecule has 0 aliphatic heterocycles. The van der Waals surface area contributed by atoms with Crippen molar-refractivity contribution in [3.8, 4) is 5.75 Å². The average Bonchev–Trinajstić information content (AvgIpc) is 2.42. The SMILES string of the molecule is CCOc1ccc(NC(=O)c2ccc(Cl)nn2)cc1Cl. The van der Waals surface area contributed by atoms with Crippen molar-refractivity contribution in [2.45, 2.75) is 6.92 Å². The number of nitrogens with one attached hydrogen (secondary N) is 1. The number of carbonyl (C=O) groups excluding carboxylic acids is 1. The molecule has 0 saturated heterocycles. The second-order valence-electron chi connectivity index (χ2n) is 3.77. The maximum absolute atomic E-state index is 11.9. The van der Waals surface area contributed by atoms with Crippen molar-refractivity contribution in [3.05, 3.63) is 46.2 Å². The second-order valence-corrected chi connectivity index (χ2v) is 4.57. The van der Waals surface area contributed by atoms with Crippen molar-refractivity contribution >= 4 is 34.8 Å². The van der Waals surface area contributed by atoms with E-state index >= 15 is 0 Å². The third-order valence-electron chi connectivity index (χ3n) is 2.35. The lowest BCUT2D eigenvalue weighted by molar-refractivity contribution is 0.102. The van der Waals surface area contributed by atoms with Crippen molar-refractivity contribution in [1.82, 2.24) is 10.2 Å². The van der Waals surface area contributed by atoms with E-state index in [0.717, 1.165) is 0 Å². The molecule has 1 heterocycles. The van der Waals surface area contributed by atoms with Gasteiger partial charge >= 0.3 is 0 Å². The molecule has 0 fully saturated rings. The van der Waals surface area contributed by atoms with E-state index in [-0.39, 0.29) is 10.8 Å². The van der Waals surface area contributed by atoms with Crippen LogP contribution in [0.5, 0.6) is 5.75 Å². The summed E-state index contributed by atoms with van der Waals surface area (Å²) in [6, 6.07) is 7.97. The molecule has 0 saturated carbocycles. The van der Waals surface area contributed by atoms with Crippen molar-refractivity contribution < 1.29 is 9.53 Å². The molecule has 104 valence electrons. The van der Waals surface area contributed by atoms with Gasteiger partial charge in [-0.05, 0) is 37.3 Å². The van der Waals surface area contributed by atoms with Crippen molar-refractivity contribution in [2.24, 2.45) is 0 Å². The molecular formula is C13H11Cl2N3O2. The Labute approximate surface area is 125 Å². The minimum Gasteiger partial charge on any atom is -0.492 e. The summed E-state index contributed by atoms with van der Waals surface area (Å²) in [5, 5.41) is 10.6. The topological polar surface area (TPSA) is 64.1 Å². The zero-order valence-corrected chi connectivity index (χ0v) is 12.1. The van der Waals surface area contributed by atoms with Crippen LogP contribution in [0.2, 0.25) is 10.2 Å². The fourth-order valence-electron chi connectivity index (χ4n) is 1.48. The molecule has 0 aliphatic rings. The Morgan fingerprint density at radius 2 is 2.05 bits per heavy atom. The van der Waals surface area contributed by atoms with Crippen LogP contribution < -0.4 is 10.1 Å². The van der Waals surface area contributed by atoms with E-state index in [2.05, 4.69) is 15.5 Å². The van der Waals surface area contributed by atoms with Gasteiger partial charge in [-0.1, -0.05) is 23.2 Å². The highest BCUT2D eigenvalue weighted by molar-refractivity contribution is 6.32.